The second-order valence-electron chi connectivity index (χ2n) is 10.1. The highest BCUT2D eigenvalue weighted by Gasteiger charge is 2.39. The maximum absolute atomic E-state index is 13.4. The molecule has 1 aliphatic carbocycles. The number of rotatable bonds is 4. The van der Waals surface area contributed by atoms with Crippen LogP contribution in [0.25, 0.3) is 0 Å². The Morgan fingerprint density at radius 2 is 1.76 bits per heavy atom. The van der Waals surface area contributed by atoms with E-state index in [0.717, 1.165) is 29.5 Å². The fraction of sp³-hybridized carbons (Fsp3) is 0.429. The molecule has 2 bridgehead atoms. The first-order chi connectivity index (χ1) is 17.7. The maximum Gasteiger partial charge on any atom is 0.243 e. The summed E-state index contributed by atoms with van der Waals surface area (Å²) in [6.45, 7) is 2.68. The van der Waals surface area contributed by atoms with Gasteiger partial charge in [-0.15, -0.1) is 0 Å². The Hall–Kier alpha value is -3.72. The molecular weight excluding hydrogens is 468 g/mol. The predicted octanol–water partition coefficient (Wildman–Crippen LogP) is 1.09. The Morgan fingerprint density at radius 3 is 2.43 bits per heavy atom. The molecule has 196 valence electrons. The van der Waals surface area contributed by atoms with E-state index in [1.54, 1.807) is 38.2 Å². The molecule has 9 heteroatoms. The van der Waals surface area contributed by atoms with E-state index in [-0.39, 0.29) is 41.9 Å². The molecule has 0 radical (unpaired) electrons. The zero-order valence-corrected chi connectivity index (χ0v) is 21.4. The molecule has 3 amide bonds. The molecular formula is C28H36N6O3. The van der Waals surface area contributed by atoms with E-state index in [1.165, 1.54) is 4.90 Å². The average molecular weight is 505 g/mol. The second kappa shape index (κ2) is 11.6. The van der Waals surface area contributed by atoms with Crippen molar-refractivity contribution in [1.29, 1.82) is 5.41 Å². The van der Waals surface area contributed by atoms with Gasteiger partial charge in [-0.2, -0.15) is 0 Å². The van der Waals surface area contributed by atoms with Gasteiger partial charge >= 0.3 is 0 Å². The summed E-state index contributed by atoms with van der Waals surface area (Å²) in [6, 6.07) is 13.3. The van der Waals surface area contributed by atoms with Crippen LogP contribution in [0.15, 0.2) is 48.5 Å². The van der Waals surface area contributed by atoms with Crippen LogP contribution in [-0.2, 0) is 33.8 Å². The molecule has 0 spiro atoms. The lowest BCUT2D eigenvalue weighted by atomic mass is 10.0. The quantitative estimate of drug-likeness (QED) is 0.313. The van der Waals surface area contributed by atoms with Crippen LogP contribution in [0, 0.1) is 11.3 Å². The minimum absolute atomic E-state index is 0.0353. The summed E-state index contributed by atoms with van der Waals surface area (Å²) >= 11 is 0. The van der Waals surface area contributed by atoms with Crippen molar-refractivity contribution in [1.82, 2.24) is 20.9 Å². The van der Waals surface area contributed by atoms with Gasteiger partial charge in [0, 0.05) is 32.1 Å². The van der Waals surface area contributed by atoms with Crippen LogP contribution >= 0.6 is 0 Å². The van der Waals surface area contributed by atoms with Crippen LogP contribution in [0.3, 0.4) is 0 Å². The van der Waals surface area contributed by atoms with Gasteiger partial charge in [0.2, 0.25) is 17.7 Å². The monoisotopic (exact) mass is 504 g/mol. The lowest BCUT2D eigenvalue weighted by Crippen LogP contribution is -2.56. The fourth-order valence-electron chi connectivity index (χ4n) is 4.61. The van der Waals surface area contributed by atoms with Gasteiger partial charge in [-0.25, -0.2) is 0 Å². The zero-order valence-electron chi connectivity index (χ0n) is 21.4. The van der Waals surface area contributed by atoms with Gasteiger partial charge in [-0.1, -0.05) is 48.5 Å². The van der Waals surface area contributed by atoms with Crippen molar-refractivity contribution in [2.45, 2.75) is 57.3 Å². The van der Waals surface area contributed by atoms with E-state index in [0.29, 0.717) is 25.1 Å². The molecule has 3 atom stereocenters. The zero-order chi connectivity index (χ0) is 26.5. The normalized spacial score (nSPS) is 23.8. The summed E-state index contributed by atoms with van der Waals surface area (Å²) in [5.41, 5.74) is 9.13. The molecule has 1 fully saturated rings. The number of amides is 3. The van der Waals surface area contributed by atoms with Crippen molar-refractivity contribution in [3.05, 3.63) is 70.8 Å². The molecule has 2 aliphatic rings. The highest BCUT2D eigenvalue weighted by molar-refractivity contribution is 5.95. The topological polar surface area (TPSA) is 140 Å². The number of amidine groups is 1. The predicted molar refractivity (Wildman–Crippen MR) is 142 cm³/mol. The standard InChI is InChI=1S/C28H36N6O3/c1-17-26(35)33-23(15-19-6-8-22(9-7-19)25(29)30)27(36)31-13-12-18-4-3-5-20(14-18)16-32-24(21-10-11-21)28(37)34(17)2/h3-9,14,17,21,23-24,32H,10-13,15-16H2,1-2H3,(H3,29,30)(H,31,36)(H,33,35). The van der Waals surface area contributed by atoms with Crippen molar-refractivity contribution >= 4 is 23.6 Å². The third kappa shape index (κ3) is 6.74. The Kier molecular flexibility index (Phi) is 8.23. The molecule has 1 saturated carbocycles. The summed E-state index contributed by atoms with van der Waals surface area (Å²) in [5.74, 6) is -0.556. The number of carbonyl (C=O) groups is 3. The molecule has 37 heavy (non-hydrogen) atoms. The van der Waals surface area contributed by atoms with Gasteiger partial charge in [0.25, 0.3) is 0 Å². The largest absolute Gasteiger partial charge is 0.384 e. The Balaban J connectivity index is 1.58. The summed E-state index contributed by atoms with van der Waals surface area (Å²) in [7, 11) is 1.64. The molecule has 1 heterocycles. The first kappa shape index (κ1) is 26.3. The lowest BCUT2D eigenvalue weighted by Gasteiger charge is -2.30. The molecule has 0 saturated heterocycles. The number of benzene rings is 2. The van der Waals surface area contributed by atoms with E-state index < -0.39 is 12.1 Å². The number of nitrogen functional groups attached to an aromatic ring is 1. The molecule has 6 N–H and O–H groups in total. The number of fused-ring (bicyclic) bond motifs is 2. The van der Waals surface area contributed by atoms with Crippen LogP contribution in [0.5, 0.6) is 0 Å². The van der Waals surface area contributed by atoms with E-state index in [1.807, 2.05) is 18.2 Å². The molecule has 2 aromatic carbocycles. The first-order valence-electron chi connectivity index (χ1n) is 12.8. The lowest BCUT2D eigenvalue weighted by molar-refractivity contribution is -0.141. The molecule has 1 aliphatic heterocycles. The molecule has 0 aromatic heterocycles. The summed E-state index contributed by atoms with van der Waals surface area (Å²) in [4.78, 5) is 41.3. The van der Waals surface area contributed by atoms with Crippen LogP contribution < -0.4 is 21.7 Å². The Morgan fingerprint density at radius 1 is 1.05 bits per heavy atom. The summed E-state index contributed by atoms with van der Waals surface area (Å²) in [6.07, 6.45) is 2.89. The van der Waals surface area contributed by atoms with Crippen molar-refractivity contribution in [3.8, 4) is 0 Å². The number of hydrogen-bond donors (Lipinski definition) is 5. The van der Waals surface area contributed by atoms with Gasteiger partial charge < -0.3 is 26.6 Å². The van der Waals surface area contributed by atoms with Crippen LogP contribution in [0.4, 0.5) is 0 Å². The number of nitrogens with zero attached hydrogens (tertiary/aromatic N) is 1. The van der Waals surface area contributed by atoms with Gasteiger partial charge in [0.05, 0.1) is 6.04 Å². The van der Waals surface area contributed by atoms with Gasteiger partial charge in [-0.3, -0.25) is 19.8 Å². The first-order valence-corrected chi connectivity index (χ1v) is 12.8. The molecule has 4 rings (SSSR count). The van der Waals surface area contributed by atoms with Gasteiger partial charge in [0.1, 0.15) is 17.9 Å². The van der Waals surface area contributed by atoms with Gasteiger partial charge in [0.15, 0.2) is 0 Å². The highest BCUT2D eigenvalue weighted by Crippen LogP contribution is 2.33. The van der Waals surface area contributed by atoms with E-state index in [2.05, 4.69) is 22.0 Å². The van der Waals surface area contributed by atoms with Crippen molar-refractivity contribution < 1.29 is 14.4 Å². The van der Waals surface area contributed by atoms with E-state index >= 15 is 0 Å². The number of nitrogens with two attached hydrogens (primary N) is 1. The third-order valence-corrected chi connectivity index (χ3v) is 7.24. The Bertz CT molecular complexity index is 1160. The minimum Gasteiger partial charge on any atom is -0.384 e. The van der Waals surface area contributed by atoms with Crippen molar-refractivity contribution in [2.75, 3.05) is 13.6 Å². The Labute approximate surface area is 217 Å². The number of likely N-dealkylation sites (N-methyl/N-ethyl adjacent to an activating group) is 1. The van der Waals surface area contributed by atoms with Crippen LogP contribution in [0.2, 0.25) is 0 Å². The van der Waals surface area contributed by atoms with E-state index in [9.17, 15) is 14.4 Å². The summed E-state index contributed by atoms with van der Waals surface area (Å²) in [5, 5.41) is 16.8. The number of nitrogens with one attached hydrogen (secondary N) is 4. The summed E-state index contributed by atoms with van der Waals surface area (Å²) < 4.78 is 0. The fourth-order valence-corrected chi connectivity index (χ4v) is 4.61. The van der Waals surface area contributed by atoms with Crippen LogP contribution in [0.1, 0.15) is 42.0 Å². The number of carbonyl (C=O) groups excluding carboxylic acids is 3. The maximum atomic E-state index is 13.4. The van der Waals surface area contributed by atoms with Crippen LogP contribution in [-0.4, -0.2) is 60.2 Å². The van der Waals surface area contributed by atoms with Crippen molar-refractivity contribution in [3.63, 3.8) is 0 Å². The highest BCUT2D eigenvalue weighted by atomic mass is 16.2. The third-order valence-electron chi connectivity index (χ3n) is 7.24. The average Bonchev–Trinajstić information content (AvgIpc) is 3.72. The van der Waals surface area contributed by atoms with Crippen molar-refractivity contribution in [2.24, 2.45) is 11.7 Å². The van der Waals surface area contributed by atoms with Gasteiger partial charge in [-0.05, 0) is 48.8 Å². The second-order valence-corrected chi connectivity index (χ2v) is 10.1. The smallest absolute Gasteiger partial charge is 0.243 e. The van der Waals surface area contributed by atoms with E-state index in [4.69, 9.17) is 11.1 Å². The minimum atomic E-state index is -0.821. The molecule has 9 nitrogen and oxygen atoms in total. The molecule has 3 unspecified atom stereocenters. The SMILES string of the molecule is CC1C(=O)NC(Cc2ccc(C(=N)N)cc2)C(=O)NCCc2cccc(c2)CNC(C2CC2)C(=O)N1C. The molecule has 2 aromatic rings. The number of hydrogen-bond acceptors (Lipinski definition) is 5.